The maximum Gasteiger partial charge on any atom is 0.262 e. The van der Waals surface area contributed by atoms with Crippen molar-refractivity contribution in [3.05, 3.63) is 36.0 Å². The van der Waals surface area contributed by atoms with Gasteiger partial charge in [0.1, 0.15) is 11.6 Å². The highest BCUT2D eigenvalue weighted by Gasteiger charge is 2.23. The standard InChI is InChI=1S/C21H26N4O3/c1-4-16-17(7-8-20(23-16)25-10-13(2)28-14(3)11-25)22-15-5-6-18-19(9-15)27-12-21(26)24-18/h5-9,13-14,22H,4,10-12H2,1-3H3,(H,24,26)/t13-,14+. The Bertz CT molecular complexity index is 876. The van der Waals surface area contributed by atoms with Crippen molar-refractivity contribution in [1.29, 1.82) is 0 Å². The first-order valence-electron chi connectivity index (χ1n) is 9.76. The second kappa shape index (κ2) is 7.67. The monoisotopic (exact) mass is 382 g/mol. The molecule has 1 saturated heterocycles. The lowest BCUT2D eigenvalue weighted by molar-refractivity contribution is -0.118. The fourth-order valence-electron chi connectivity index (χ4n) is 3.72. The van der Waals surface area contributed by atoms with Gasteiger partial charge in [-0.2, -0.15) is 0 Å². The highest BCUT2D eigenvalue weighted by atomic mass is 16.5. The van der Waals surface area contributed by atoms with E-state index in [1.54, 1.807) is 0 Å². The molecule has 0 aliphatic carbocycles. The summed E-state index contributed by atoms with van der Waals surface area (Å²) >= 11 is 0. The summed E-state index contributed by atoms with van der Waals surface area (Å²) < 4.78 is 11.3. The Labute approximate surface area is 165 Å². The summed E-state index contributed by atoms with van der Waals surface area (Å²) in [5.74, 6) is 1.53. The number of carbonyl (C=O) groups excluding carboxylic acids is 1. The summed E-state index contributed by atoms with van der Waals surface area (Å²) in [5, 5.41) is 6.24. The molecule has 2 atom stereocenters. The maximum atomic E-state index is 11.4. The topological polar surface area (TPSA) is 75.7 Å². The second-order valence-corrected chi connectivity index (χ2v) is 7.35. The molecule has 28 heavy (non-hydrogen) atoms. The lowest BCUT2D eigenvalue weighted by atomic mass is 10.2. The molecular weight excluding hydrogens is 356 g/mol. The van der Waals surface area contributed by atoms with Gasteiger partial charge in [0.05, 0.1) is 29.3 Å². The average molecular weight is 382 g/mol. The van der Waals surface area contributed by atoms with Gasteiger partial charge in [0.15, 0.2) is 6.61 Å². The Morgan fingerprint density at radius 3 is 2.75 bits per heavy atom. The molecule has 0 radical (unpaired) electrons. The molecule has 0 bridgehead atoms. The van der Waals surface area contributed by atoms with E-state index in [0.29, 0.717) is 11.4 Å². The number of anilines is 4. The van der Waals surface area contributed by atoms with Gasteiger partial charge < -0.3 is 25.0 Å². The number of nitrogens with zero attached hydrogens (tertiary/aromatic N) is 2. The third-order valence-electron chi connectivity index (χ3n) is 4.93. The minimum atomic E-state index is -0.131. The summed E-state index contributed by atoms with van der Waals surface area (Å²) in [6, 6.07) is 9.80. The van der Waals surface area contributed by atoms with Crippen molar-refractivity contribution < 1.29 is 14.3 Å². The van der Waals surface area contributed by atoms with Crippen molar-refractivity contribution in [3.8, 4) is 5.75 Å². The number of hydrogen-bond donors (Lipinski definition) is 2. The van der Waals surface area contributed by atoms with Gasteiger partial charge in [-0.05, 0) is 44.5 Å². The van der Waals surface area contributed by atoms with Gasteiger partial charge >= 0.3 is 0 Å². The summed E-state index contributed by atoms with van der Waals surface area (Å²) in [6.07, 6.45) is 1.22. The number of nitrogens with one attached hydrogen (secondary N) is 2. The lowest BCUT2D eigenvalue weighted by Crippen LogP contribution is -2.45. The van der Waals surface area contributed by atoms with E-state index in [0.717, 1.165) is 42.4 Å². The molecule has 4 rings (SSSR count). The Morgan fingerprint density at radius 2 is 2.00 bits per heavy atom. The number of amides is 1. The first-order valence-corrected chi connectivity index (χ1v) is 9.76. The summed E-state index contributed by atoms with van der Waals surface area (Å²) in [5.41, 5.74) is 3.57. The van der Waals surface area contributed by atoms with Gasteiger partial charge in [0.25, 0.3) is 5.91 Å². The molecule has 0 spiro atoms. The molecule has 148 valence electrons. The van der Waals surface area contributed by atoms with E-state index >= 15 is 0 Å². The van der Waals surface area contributed by atoms with Gasteiger partial charge in [-0.25, -0.2) is 4.98 Å². The molecule has 1 aromatic carbocycles. The van der Waals surface area contributed by atoms with E-state index in [4.69, 9.17) is 14.5 Å². The van der Waals surface area contributed by atoms with E-state index in [1.807, 2.05) is 18.2 Å². The molecule has 0 unspecified atom stereocenters. The third-order valence-corrected chi connectivity index (χ3v) is 4.93. The number of hydrogen-bond acceptors (Lipinski definition) is 6. The third kappa shape index (κ3) is 3.89. The number of rotatable bonds is 4. The van der Waals surface area contributed by atoms with Crippen LogP contribution in [0.2, 0.25) is 0 Å². The van der Waals surface area contributed by atoms with E-state index in [-0.39, 0.29) is 24.7 Å². The van der Waals surface area contributed by atoms with E-state index in [2.05, 4.69) is 48.4 Å². The largest absolute Gasteiger partial charge is 0.482 e. The molecule has 2 aliphatic rings. The Kier molecular flexibility index (Phi) is 5.09. The zero-order valence-electron chi connectivity index (χ0n) is 16.5. The number of fused-ring (bicyclic) bond motifs is 1. The number of carbonyl (C=O) groups is 1. The van der Waals surface area contributed by atoms with Crippen LogP contribution in [0.4, 0.5) is 22.9 Å². The van der Waals surface area contributed by atoms with Gasteiger partial charge in [-0.15, -0.1) is 0 Å². The number of aryl methyl sites for hydroxylation is 1. The lowest BCUT2D eigenvalue weighted by Gasteiger charge is -2.36. The van der Waals surface area contributed by atoms with Crippen LogP contribution in [-0.2, 0) is 16.0 Å². The van der Waals surface area contributed by atoms with Crippen LogP contribution >= 0.6 is 0 Å². The van der Waals surface area contributed by atoms with Crippen LogP contribution in [-0.4, -0.2) is 42.8 Å². The van der Waals surface area contributed by atoms with Crippen LogP contribution < -0.4 is 20.3 Å². The van der Waals surface area contributed by atoms with Crippen molar-refractivity contribution in [2.45, 2.75) is 39.4 Å². The summed E-state index contributed by atoms with van der Waals surface area (Å²) in [6.45, 7) is 8.04. The molecule has 7 nitrogen and oxygen atoms in total. The molecule has 3 heterocycles. The van der Waals surface area contributed by atoms with Gasteiger partial charge in [-0.3, -0.25) is 4.79 Å². The Morgan fingerprint density at radius 1 is 1.21 bits per heavy atom. The first kappa shape index (κ1) is 18.6. The van der Waals surface area contributed by atoms with Crippen LogP contribution in [0.15, 0.2) is 30.3 Å². The minimum Gasteiger partial charge on any atom is -0.482 e. The zero-order valence-corrected chi connectivity index (χ0v) is 16.5. The normalized spacial score (nSPS) is 21.5. The SMILES string of the molecule is CCc1nc(N2C[C@@H](C)O[C@@H](C)C2)ccc1Nc1ccc2c(c1)OCC(=O)N2. The highest BCUT2D eigenvalue weighted by molar-refractivity contribution is 5.95. The number of morpholine rings is 1. The molecular formula is C21H26N4O3. The van der Waals surface area contributed by atoms with Crippen molar-refractivity contribution in [3.63, 3.8) is 0 Å². The molecule has 2 aromatic rings. The highest BCUT2D eigenvalue weighted by Crippen LogP contribution is 2.33. The van der Waals surface area contributed by atoms with Crippen LogP contribution in [0.1, 0.15) is 26.5 Å². The molecule has 1 amide bonds. The van der Waals surface area contributed by atoms with Crippen LogP contribution in [0, 0.1) is 0 Å². The van der Waals surface area contributed by atoms with Gasteiger partial charge in [0, 0.05) is 24.8 Å². The van der Waals surface area contributed by atoms with Crippen molar-refractivity contribution in [1.82, 2.24) is 4.98 Å². The first-order chi connectivity index (χ1) is 13.5. The van der Waals surface area contributed by atoms with Crippen LogP contribution in [0.25, 0.3) is 0 Å². The number of ether oxygens (including phenoxy) is 2. The quantitative estimate of drug-likeness (QED) is 0.845. The Balaban J connectivity index is 1.54. The molecule has 1 aromatic heterocycles. The predicted octanol–water partition coefficient (Wildman–Crippen LogP) is 3.33. The summed E-state index contributed by atoms with van der Waals surface area (Å²) in [4.78, 5) is 18.6. The number of benzene rings is 1. The molecule has 0 saturated carbocycles. The van der Waals surface area contributed by atoms with Crippen LogP contribution in [0.5, 0.6) is 5.75 Å². The van der Waals surface area contributed by atoms with E-state index in [9.17, 15) is 4.79 Å². The van der Waals surface area contributed by atoms with E-state index < -0.39 is 0 Å². The summed E-state index contributed by atoms with van der Waals surface area (Å²) in [7, 11) is 0. The number of aromatic nitrogens is 1. The fraction of sp³-hybridized carbons (Fsp3) is 0.429. The van der Waals surface area contributed by atoms with Gasteiger partial charge in [0.2, 0.25) is 0 Å². The van der Waals surface area contributed by atoms with Crippen molar-refractivity contribution in [2.24, 2.45) is 0 Å². The molecule has 7 heteroatoms. The Hall–Kier alpha value is -2.80. The smallest absolute Gasteiger partial charge is 0.262 e. The molecule has 1 fully saturated rings. The fourth-order valence-corrected chi connectivity index (χ4v) is 3.72. The second-order valence-electron chi connectivity index (χ2n) is 7.35. The molecule has 2 N–H and O–H groups in total. The van der Waals surface area contributed by atoms with Crippen molar-refractivity contribution in [2.75, 3.05) is 35.2 Å². The predicted molar refractivity (Wildman–Crippen MR) is 110 cm³/mol. The maximum absolute atomic E-state index is 11.4. The van der Waals surface area contributed by atoms with Gasteiger partial charge in [-0.1, -0.05) is 6.92 Å². The van der Waals surface area contributed by atoms with Crippen LogP contribution in [0.3, 0.4) is 0 Å². The zero-order chi connectivity index (χ0) is 19.7. The molecule has 2 aliphatic heterocycles. The average Bonchev–Trinajstić information content (AvgIpc) is 2.67. The van der Waals surface area contributed by atoms with E-state index in [1.165, 1.54) is 0 Å². The number of pyridine rings is 1. The van der Waals surface area contributed by atoms with Crippen molar-refractivity contribution >= 4 is 28.8 Å². The minimum absolute atomic E-state index is 0.0450.